The molecule has 0 amide bonds. The van der Waals surface area contributed by atoms with E-state index in [9.17, 15) is 5.11 Å². The second-order valence-electron chi connectivity index (χ2n) is 4.11. The molecule has 0 heterocycles. The summed E-state index contributed by atoms with van der Waals surface area (Å²) in [5.74, 6) is 0.642. The Balaban J connectivity index is 2.42. The third-order valence-electron chi connectivity index (χ3n) is 2.75. The van der Waals surface area contributed by atoms with Crippen molar-refractivity contribution in [1.29, 1.82) is 0 Å². The van der Waals surface area contributed by atoms with E-state index in [2.05, 4.69) is 18.2 Å². The van der Waals surface area contributed by atoms with Crippen LogP contribution in [0.5, 0.6) is 0 Å². The molecule has 0 fully saturated rings. The van der Waals surface area contributed by atoms with Crippen molar-refractivity contribution < 1.29 is 5.11 Å². The van der Waals surface area contributed by atoms with E-state index in [1.165, 1.54) is 12.8 Å². The van der Waals surface area contributed by atoms with Crippen LogP contribution in [0.1, 0.15) is 39.5 Å². The molecule has 0 saturated carbocycles. The topological polar surface area (TPSA) is 20.2 Å². The van der Waals surface area contributed by atoms with Crippen molar-refractivity contribution in [2.24, 2.45) is 5.92 Å². The largest absolute Gasteiger partial charge is 0.386 e. The molecule has 0 aromatic heterocycles. The van der Waals surface area contributed by atoms with Crippen molar-refractivity contribution in [1.82, 2.24) is 0 Å². The molecule has 13 heavy (non-hydrogen) atoms. The Labute approximate surface area is 81.2 Å². The molecule has 0 bridgehead atoms. The molecular formula is C12H20O. The summed E-state index contributed by atoms with van der Waals surface area (Å²) < 4.78 is 0. The third kappa shape index (κ3) is 3.77. The van der Waals surface area contributed by atoms with Crippen LogP contribution in [-0.4, -0.2) is 10.7 Å². The smallest absolute Gasteiger partial charge is 0.0797 e. The fourth-order valence-electron chi connectivity index (χ4n) is 1.45. The quantitative estimate of drug-likeness (QED) is 0.662. The van der Waals surface area contributed by atoms with Crippen LogP contribution in [0.15, 0.2) is 24.3 Å². The van der Waals surface area contributed by atoms with E-state index in [4.69, 9.17) is 0 Å². The standard InChI is InChI=1S/C12H20O/c1-3-12(2,13)10-9-11-7-5-4-6-8-11/h4-5,9-11,13H,3,6-8H2,1-2H3/b10-9+. The average Bonchev–Trinajstić information content (AvgIpc) is 2.17. The minimum absolute atomic E-state index is 0.610. The molecule has 0 saturated heterocycles. The molecule has 2 atom stereocenters. The van der Waals surface area contributed by atoms with Crippen LogP contribution in [0.3, 0.4) is 0 Å². The van der Waals surface area contributed by atoms with Gasteiger partial charge in [-0.05, 0) is 38.5 Å². The third-order valence-corrected chi connectivity index (χ3v) is 2.75. The van der Waals surface area contributed by atoms with Crippen LogP contribution in [0, 0.1) is 5.92 Å². The van der Waals surface area contributed by atoms with Gasteiger partial charge in [0.2, 0.25) is 0 Å². The summed E-state index contributed by atoms with van der Waals surface area (Å²) in [5, 5.41) is 9.75. The van der Waals surface area contributed by atoms with Gasteiger partial charge < -0.3 is 5.11 Å². The Morgan fingerprint density at radius 2 is 2.31 bits per heavy atom. The molecule has 1 nitrogen and oxygen atoms in total. The van der Waals surface area contributed by atoms with Crippen LogP contribution in [0.4, 0.5) is 0 Å². The zero-order valence-electron chi connectivity index (χ0n) is 8.66. The summed E-state index contributed by atoms with van der Waals surface area (Å²) in [6.07, 6.45) is 12.9. The zero-order valence-corrected chi connectivity index (χ0v) is 8.66. The van der Waals surface area contributed by atoms with Gasteiger partial charge in [0.25, 0.3) is 0 Å². The first kappa shape index (κ1) is 10.5. The minimum Gasteiger partial charge on any atom is -0.386 e. The lowest BCUT2D eigenvalue weighted by molar-refractivity contribution is 0.107. The number of rotatable bonds is 3. The molecule has 1 N–H and O–H groups in total. The van der Waals surface area contributed by atoms with E-state index in [0.717, 1.165) is 12.8 Å². The number of hydrogen-bond acceptors (Lipinski definition) is 1. The van der Waals surface area contributed by atoms with E-state index >= 15 is 0 Å². The van der Waals surface area contributed by atoms with Crippen molar-refractivity contribution in [2.75, 3.05) is 0 Å². The van der Waals surface area contributed by atoms with Crippen molar-refractivity contribution in [3.05, 3.63) is 24.3 Å². The Morgan fingerprint density at radius 3 is 2.85 bits per heavy atom. The predicted molar refractivity (Wildman–Crippen MR) is 56.5 cm³/mol. The van der Waals surface area contributed by atoms with E-state index in [0.29, 0.717) is 5.92 Å². The lowest BCUT2D eigenvalue weighted by Gasteiger charge is -2.18. The Kier molecular flexibility index (Phi) is 3.73. The maximum absolute atomic E-state index is 9.75. The number of allylic oxidation sites excluding steroid dienone is 3. The van der Waals surface area contributed by atoms with Crippen LogP contribution in [0.2, 0.25) is 0 Å². The van der Waals surface area contributed by atoms with E-state index in [1.54, 1.807) is 0 Å². The molecule has 1 aliphatic rings. The van der Waals surface area contributed by atoms with Gasteiger partial charge in [-0.1, -0.05) is 31.2 Å². The van der Waals surface area contributed by atoms with Gasteiger partial charge >= 0.3 is 0 Å². The van der Waals surface area contributed by atoms with Gasteiger partial charge in [-0.25, -0.2) is 0 Å². The van der Waals surface area contributed by atoms with Crippen molar-refractivity contribution in [2.45, 2.75) is 45.1 Å². The molecule has 0 spiro atoms. The van der Waals surface area contributed by atoms with E-state index in [1.807, 2.05) is 19.9 Å². The fraction of sp³-hybridized carbons (Fsp3) is 0.667. The Morgan fingerprint density at radius 1 is 1.54 bits per heavy atom. The molecule has 0 radical (unpaired) electrons. The van der Waals surface area contributed by atoms with Gasteiger partial charge in [0.15, 0.2) is 0 Å². The summed E-state index contributed by atoms with van der Waals surface area (Å²) in [4.78, 5) is 0. The van der Waals surface area contributed by atoms with Crippen LogP contribution in [0.25, 0.3) is 0 Å². The van der Waals surface area contributed by atoms with Gasteiger partial charge in [0.1, 0.15) is 0 Å². The van der Waals surface area contributed by atoms with Crippen molar-refractivity contribution >= 4 is 0 Å². The molecule has 0 aromatic rings. The molecule has 1 heteroatoms. The maximum Gasteiger partial charge on any atom is 0.0797 e. The summed E-state index contributed by atoms with van der Waals surface area (Å²) in [5.41, 5.74) is -0.610. The first-order valence-electron chi connectivity index (χ1n) is 5.21. The number of aliphatic hydroxyl groups is 1. The molecule has 2 unspecified atom stereocenters. The second kappa shape index (κ2) is 4.61. The average molecular weight is 180 g/mol. The second-order valence-corrected chi connectivity index (χ2v) is 4.11. The molecule has 1 aliphatic carbocycles. The highest BCUT2D eigenvalue weighted by molar-refractivity contribution is 5.04. The predicted octanol–water partition coefficient (Wildman–Crippen LogP) is 3.06. The summed E-state index contributed by atoms with van der Waals surface area (Å²) in [6, 6.07) is 0. The Hall–Kier alpha value is -0.560. The lowest BCUT2D eigenvalue weighted by atomic mass is 9.92. The SMILES string of the molecule is CCC(C)(O)/C=C/C1CC=CCC1. The van der Waals surface area contributed by atoms with Crippen molar-refractivity contribution in [3.8, 4) is 0 Å². The van der Waals surface area contributed by atoms with Gasteiger partial charge in [-0.3, -0.25) is 0 Å². The maximum atomic E-state index is 9.75. The highest BCUT2D eigenvalue weighted by Crippen LogP contribution is 2.21. The van der Waals surface area contributed by atoms with Crippen LogP contribution >= 0.6 is 0 Å². The molecule has 1 rings (SSSR count). The number of hydrogen-bond donors (Lipinski definition) is 1. The summed E-state index contributed by atoms with van der Waals surface area (Å²) in [7, 11) is 0. The van der Waals surface area contributed by atoms with Gasteiger partial charge in [-0.2, -0.15) is 0 Å². The summed E-state index contributed by atoms with van der Waals surface area (Å²) >= 11 is 0. The minimum atomic E-state index is -0.610. The highest BCUT2D eigenvalue weighted by Gasteiger charge is 2.13. The van der Waals surface area contributed by atoms with Crippen molar-refractivity contribution in [3.63, 3.8) is 0 Å². The first-order chi connectivity index (χ1) is 6.14. The molecule has 0 aliphatic heterocycles. The normalized spacial score (nSPS) is 27.8. The monoisotopic (exact) mass is 180 g/mol. The van der Waals surface area contributed by atoms with E-state index in [-0.39, 0.29) is 0 Å². The van der Waals surface area contributed by atoms with Gasteiger partial charge in [0.05, 0.1) is 5.60 Å². The molecule has 0 aromatic carbocycles. The van der Waals surface area contributed by atoms with E-state index < -0.39 is 5.60 Å². The highest BCUT2D eigenvalue weighted by atomic mass is 16.3. The van der Waals surface area contributed by atoms with Crippen LogP contribution < -0.4 is 0 Å². The Bertz CT molecular complexity index is 201. The summed E-state index contributed by atoms with van der Waals surface area (Å²) in [6.45, 7) is 3.87. The van der Waals surface area contributed by atoms with Gasteiger partial charge in [0, 0.05) is 0 Å². The fourth-order valence-corrected chi connectivity index (χ4v) is 1.45. The zero-order chi connectivity index (χ0) is 9.73. The van der Waals surface area contributed by atoms with Gasteiger partial charge in [-0.15, -0.1) is 0 Å². The lowest BCUT2D eigenvalue weighted by Crippen LogP contribution is -2.19. The molecular weight excluding hydrogens is 160 g/mol. The first-order valence-corrected chi connectivity index (χ1v) is 5.21. The molecule has 74 valence electrons. The van der Waals surface area contributed by atoms with Crippen LogP contribution in [-0.2, 0) is 0 Å².